The molecule has 0 aromatic carbocycles. The fraction of sp³-hybridized carbons (Fsp3) is 0.500. The molecule has 0 radical (unpaired) electrons. The van der Waals surface area contributed by atoms with Crippen LogP contribution < -0.4 is 0 Å². The summed E-state index contributed by atoms with van der Waals surface area (Å²) in [5.74, 6) is -5.11. The lowest BCUT2D eigenvalue weighted by molar-refractivity contribution is -0.238. The fourth-order valence-corrected chi connectivity index (χ4v) is 1.21. The molecule has 1 aliphatic rings. The van der Waals surface area contributed by atoms with Crippen LogP contribution in [-0.4, -0.2) is 23.5 Å². The first-order valence-corrected chi connectivity index (χ1v) is 4.49. The number of allylic oxidation sites excluding steroid dienone is 2. The smallest absolute Gasteiger partial charge is 0.331 e. The van der Waals surface area contributed by atoms with E-state index in [2.05, 4.69) is 0 Å². The van der Waals surface area contributed by atoms with Crippen molar-refractivity contribution in [1.82, 2.24) is 0 Å². The van der Waals surface area contributed by atoms with Crippen molar-refractivity contribution in [1.29, 1.82) is 0 Å². The molecule has 0 N–H and O–H groups in total. The van der Waals surface area contributed by atoms with Gasteiger partial charge in [0, 0.05) is 13.8 Å². The van der Waals surface area contributed by atoms with E-state index in [1.807, 2.05) is 0 Å². The lowest BCUT2D eigenvalue weighted by atomic mass is 10.0. The van der Waals surface area contributed by atoms with Gasteiger partial charge in [0.2, 0.25) is 5.92 Å². The Kier molecular flexibility index (Phi) is 2.93. The summed E-state index contributed by atoms with van der Waals surface area (Å²) in [4.78, 5) is 34.1. The van der Waals surface area contributed by atoms with Crippen LogP contribution in [0.25, 0.3) is 0 Å². The van der Waals surface area contributed by atoms with Crippen molar-refractivity contribution in [3.63, 3.8) is 0 Å². The van der Waals surface area contributed by atoms with Crippen LogP contribution in [0.4, 0.5) is 0 Å². The zero-order valence-corrected chi connectivity index (χ0v) is 8.77. The highest BCUT2D eigenvalue weighted by Crippen LogP contribution is 2.23. The van der Waals surface area contributed by atoms with Crippen molar-refractivity contribution in [3.05, 3.63) is 12.2 Å². The molecule has 82 valence electrons. The molecule has 0 aromatic rings. The molecule has 15 heavy (non-hydrogen) atoms. The molecule has 0 amide bonds. The summed E-state index contributed by atoms with van der Waals surface area (Å²) in [5, 5.41) is 0. The molecule has 0 unspecified atom stereocenters. The Morgan fingerprint density at radius 3 is 2.13 bits per heavy atom. The van der Waals surface area contributed by atoms with Crippen molar-refractivity contribution in [2.75, 3.05) is 0 Å². The van der Waals surface area contributed by atoms with Crippen LogP contribution in [0.2, 0.25) is 0 Å². The van der Waals surface area contributed by atoms with Crippen LogP contribution in [0.5, 0.6) is 0 Å². The van der Waals surface area contributed by atoms with Gasteiger partial charge in [0.25, 0.3) is 5.79 Å². The lowest BCUT2D eigenvalue weighted by Crippen LogP contribution is -2.48. The Hall–Kier alpha value is -1.65. The molecule has 0 atom stereocenters. The second-order valence-corrected chi connectivity index (χ2v) is 3.58. The number of ketones is 1. The minimum atomic E-state index is -1.48. The molecule has 0 aromatic heterocycles. The topological polar surface area (TPSA) is 69.7 Å². The van der Waals surface area contributed by atoms with Gasteiger partial charge < -0.3 is 9.47 Å². The number of ether oxygens (including phenoxy) is 2. The van der Waals surface area contributed by atoms with Gasteiger partial charge in [-0.05, 0) is 13.0 Å². The molecule has 0 aliphatic carbocycles. The van der Waals surface area contributed by atoms with Gasteiger partial charge in [0.05, 0.1) is 0 Å². The number of cyclic esters (lactones) is 2. The van der Waals surface area contributed by atoms with Gasteiger partial charge in [-0.3, -0.25) is 14.4 Å². The summed E-state index contributed by atoms with van der Waals surface area (Å²) in [5.41, 5.74) is 0. The van der Waals surface area contributed by atoms with Crippen LogP contribution in [-0.2, 0) is 23.9 Å². The van der Waals surface area contributed by atoms with Crippen molar-refractivity contribution in [3.8, 4) is 0 Å². The summed E-state index contributed by atoms with van der Waals surface area (Å²) in [6, 6.07) is 0. The summed E-state index contributed by atoms with van der Waals surface area (Å²) in [6.45, 7) is 4.47. The SMILES string of the molecule is CC=CC(=O)C1C(=O)OC(C)(C)OC1=O. The fourth-order valence-electron chi connectivity index (χ4n) is 1.21. The average Bonchev–Trinajstić information content (AvgIpc) is 1.99. The third-order valence-corrected chi connectivity index (χ3v) is 1.78. The molecule has 0 saturated carbocycles. The zero-order chi connectivity index (χ0) is 11.6. The highest BCUT2D eigenvalue weighted by atomic mass is 16.7. The highest BCUT2D eigenvalue weighted by molar-refractivity contribution is 6.19. The van der Waals surface area contributed by atoms with Gasteiger partial charge in [-0.2, -0.15) is 0 Å². The first kappa shape index (κ1) is 11.4. The maximum atomic E-state index is 11.4. The van der Waals surface area contributed by atoms with Gasteiger partial charge in [-0.1, -0.05) is 6.08 Å². The minimum Gasteiger partial charge on any atom is -0.422 e. The van der Waals surface area contributed by atoms with Crippen LogP contribution in [0.1, 0.15) is 20.8 Å². The van der Waals surface area contributed by atoms with E-state index < -0.39 is 29.4 Å². The van der Waals surface area contributed by atoms with E-state index in [-0.39, 0.29) is 0 Å². The van der Waals surface area contributed by atoms with E-state index in [1.165, 1.54) is 19.9 Å². The number of carbonyl (C=O) groups excluding carboxylic acids is 3. The molecule has 0 bridgehead atoms. The van der Waals surface area contributed by atoms with E-state index in [1.54, 1.807) is 6.92 Å². The normalized spacial score (nSPS) is 21.3. The van der Waals surface area contributed by atoms with Crippen molar-refractivity contribution in [2.24, 2.45) is 5.92 Å². The molecule has 1 saturated heterocycles. The van der Waals surface area contributed by atoms with Gasteiger partial charge in [-0.15, -0.1) is 0 Å². The number of rotatable bonds is 2. The van der Waals surface area contributed by atoms with E-state index in [4.69, 9.17) is 9.47 Å². The molecule has 5 nitrogen and oxygen atoms in total. The molecular weight excluding hydrogens is 200 g/mol. The standard InChI is InChI=1S/C10H12O5/c1-4-5-6(11)7-8(12)14-10(2,3)15-9(7)13/h4-5,7H,1-3H3. The van der Waals surface area contributed by atoms with Gasteiger partial charge in [0.15, 0.2) is 5.78 Å². The van der Waals surface area contributed by atoms with Crippen molar-refractivity contribution >= 4 is 17.7 Å². The molecule has 1 aliphatic heterocycles. The van der Waals surface area contributed by atoms with Crippen molar-refractivity contribution in [2.45, 2.75) is 26.6 Å². The Balaban J connectivity index is 2.89. The molecule has 5 heteroatoms. The predicted octanol–water partition coefficient (Wildman–Crippen LogP) is 0.584. The highest BCUT2D eigenvalue weighted by Gasteiger charge is 2.46. The zero-order valence-electron chi connectivity index (χ0n) is 8.77. The van der Waals surface area contributed by atoms with E-state index in [9.17, 15) is 14.4 Å². The van der Waals surface area contributed by atoms with Gasteiger partial charge >= 0.3 is 11.9 Å². The molecule has 1 rings (SSSR count). The molecule has 1 heterocycles. The van der Waals surface area contributed by atoms with Crippen LogP contribution in [0.15, 0.2) is 12.2 Å². The quantitative estimate of drug-likeness (QED) is 0.380. The third-order valence-electron chi connectivity index (χ3n) is 1.78. The second-order valence-electron chi connectivity index (χ2n) is 3.58. The van der Waals surface area contributed by atoms with E-state index >= 15 is 0 Å². The minimum absolute atomic E-state index is 0.622. The van der Waals surface area contributed by atoms with Gasteiger partial charge in [-0.25, -0.2) is 0 Å². The molecule has 0 spiro atoms. The summed E-state index contributed by atoms with van der Waals surface area (Å²) in [6.07, 6.45) is 2.59. The monoisotopic (exact) mass is 212 g/mol. The number of esters is 2. The predicted molar refractivity (Wildman–Crippen MR) is 49.6 cm³/mol. The van der Waals surface area contributed by atoms with E-state index in [0.29, 0.717) is 0 Å². The maximum absolute atomic E-state index is 11.4. The van der Waals surface area contributed by atoms with Crippen LogP contribution in [0.3, 0.4) is 0 Å². The number of hydrogen-bond donors (Lipinski definition) is 0. The Bertz CT molecular complexity index is 320. The second kappa shape index (κ2) is 3.84. The summed E-state index contributed by atoms with van der Waals surface area (Å²) in [7, 11) is 0. The summed E-state index contributed by atoms with van der Waals surface area (Å²) < 4.78 is 9.57. The first-order valence-electron chi connectivity index (χ1n) is 4.49. The number of hydrogen-bond acceptors (Lipinski definition) is 5. The number of carbonyl (C=O) groups is 3. The van der Waals surface area contributed by atoms with E-state index in [0.717, 1.165) is 6.08 Å². The Morgan fingerprint density at radius 1 is 1.27 bits per heavy atom. The Morgan fingerprint density at radius 2 is 1.73 bits per heavy atom. The van der Waals surface area contributed by atoms with Gasteiger partial charge in [0.1, 0.15) is 0 Å². The van der Waals surface area contributed by atoms with Crippen molar-refractivity contribution < 1.29 is 23.9 Å². The van der Waals surface area contributed by atoms with Crippen LogP contribution in [0, 0.1) is 5.92 Å². The summed E-state index contributed by atoms with van der Waals surface area (Å²) >= 11 is 0. The Labute approximate surface area is 87.0 Å². The van der Waals surface area contributed by atoms with Crippen LogP contribution >= 0.6 is 0 Å². The molecular formula is C10H12O5. The average molecular weight is 212 g/mol. The first-order chi connectivity index (χ1) is 6.87. The largest absolute Gasteiger partial charge is 0.422 e. The lowest BCUT2D eigenvalue weighted by Gasteiger charge is -2.31. The third kappa shape index (κ3) is 2.43. The maximum Gasteiger partial charge on any atom is 0.331 e. The molecule has 1 fully saturated rings.